The molecule has 0 radical (unpaired) electrons. The number of carboxylic acids is 1. The Labute approximate surface area is 112 Å². The van der Waals surface area contributed by atoms with Crippen LogP contribution in [0.5, 0.6) is 0 Å². The first-order chi connectivity index (χ1) is 9.16. The molecule has 4 heteroatoms. The summed E-state index contributed by atoms with van der Waals surface area (Å²) in [6, 6.07) is 13.7. The van der Waals surface area contributed by atoms with Crippen LogP contribution in [0.15, 0.2) is 42.5 Å². The highest BCUT2D eigenvalue weighted by atomic mass is 16.4. The summed E-state index contributed by atoms with van der Waals surface area (Å²) in [4.78, 5) is 10.6. The van der Waals surface area contributed by atoms with Crippen LogP contribution in [0, 0.1) is 0 Å². The smallest absolute Gasteiger partial charge is 0.320 e. The number of carboxylic acid groups (broad SMARTS) is 1. The first-order valence-corrected chi connectivity index (χ1v) is 6.33. The van der Waals surface area contributed by atoms with Crippen LogP contribution in [0.4, 0.5) is 0 Å². The van der Waals surface area contributed by atoms with E-state index in [1.807, 2.05) is 12.1 Å². The van der Waals surface area contributed by atoms with Crippen LogP contribution in [0.3, 0.4) is 0 Å². The molecule has 2 rings (SSSR count). The summed E-state index contributed by atoms with van der Waals surface area (Å²) >= 11 is 0. The summed E-state index contributed by atoms with van der Waals surface area (Å²) in [6.45, 7) is 1.32. The van der Waals surface area contributed by atoms with Crippen LogP contribution in [0.2, 0.25) is 0 Å². The van der Waals surface area contributed by atoms with Gasteiger partial charge in [0.15, 0.2) is 0 Å². The highest BCUT2D eigenvalue weighted by Crippen LogP contribution is 2.15. The monoisotopic (exact) mass is 258 g/mol. The van der Waals surface area contributed by atoms with Crippen molar-refractivity contribution in [3.8, 4) is 0 Å². The molecular formula is C15H18N2O2. The maximum Gasteiger partial charge on any atom is 0.320 e. The lowest BCUT2D eigenvalue weighted by Gasteiger charge is -2.08. The van der Waals surface area contributed by atoms with Crippen molar-refractivity contribution in [3.63, 3.8) is 0 Å². The minimum absolute atomic E-state index is 0.433. The molecule has 1 unspecified atom stereocenters. The Balaban J connectivity index is 1.86. The summed E-state index contributed by atoms with van der Waals surface area (Å²) in [7, 11) is 0. The van der Waals surface area contributed by atoms with Gasteiger partial charge in [-0.3, -0.25) is 4.79 Å². The number of hydrogen-bond acceptors (Lipinski definition) is 3. The molecule has 0 aliphatic carbocycles. The van der Waals surface area contributed by atoms with Gasteiger partial charge in [0.1, 0.15) is 6.04 Å². The third kappa shape index (κ3) is 3.77. The summed E-state index contributed by atoms with van der Waals surface area (Å²) in [5, 5.41) is 14.3. The molecule has 1 atom stereocenters. The Bertz CT molecular complexity index is 569. The van der Waals surface area contributed by atoms with Gasteiger partial charge in [0.25, 0.3) is 0 Å². The lowest BCUT2D eigenvalue weighted by molar-refractivity contribution is -0.138. The van der Waals surface area contributed by atoms with Crippen molar-refractivity contribution in [1.29, 1.82) is 0 Å². The molecule has 0 spiro atoms. The molecule has 0 fully saturated rings. The van der Waals surface area contributed by atoms with Crippen molar-refractivity contribution < 1.29 is 9.90 Å². The lowest BCUT2D eigenvalue weighted by atomic mass is 10.1. The largest absolute Gasteiger partial charge is 0.480 e. The average molecular weight is 258 g/mol. The Morgan fingerprint density at radius 1 is 1.21 bits per heavy atom. The fraction of sp³-hybridized carbons (Fsp3) is 0.267. The third-order valence-corrected chi connectivity index (χ3v) is 3.09. The minimum Gasteiger partial charge on any atom is -0.480 e. The van der Waals surface area contributed by atoms with Crippen molar-refractivity contribution in [1.82, 2.24) is 5.32 Å². The summed E-state index contributed by atoms with van der Waals surface area (Å²) in [5.41, 5.74) is 6.61. The first kappa shape index (κ1) is 13.5. The maximum absolute atomic E-state index is 10.6. The zero-order chi connectivity index (χ0) is 13.7. The third-order valence-electron chi connectivity index (χ3n) is 3.09. The lowest BCUT2D eigenvalue weighted by Crippen LogP contribution is -2.33. The number of nitrogens with one attached hydrogen (secondary N) is 1. The van der Waals surface area contributed by atoms with E-state index in [9.17, 15) is 4.79 Å². The molecule has 0 aromatic heterocycles. The molecule has 19 heavy (non-hydrogen) atoms. The standard InChI is InChI=1S/C15H18N2O2/c16-14(15(18)19)7-8-17-10-11-5-6-12-3-1-2-4-13(12)9-11/h1-6,9,14,17H,7-8,10,16H2,(H,18,19). The second-order valence-electron chi connectivity index (χ2n) is 4.59. The normalized spacial score (nSPS) is 12.5. The fourth-order valence-electron chi connectivity index (χ4n) is 1.96. The van der Waals surface area contributed by atoms with E-state index >= 15 is 0 Å². The van der Waals surface area contributed by atoms with Crippen LogP contribution in [-0.2, 0) is 11.3 Å². The molecule has 0 amide bonds. The van der Waals surface area contributed by atoms with Gasteiger partial charge in [0.2, 0.25) is 0 Å². The van der Waals surface area contributed by atoms with Gasteiger partial charge < -0.3 is 16.2 Å². The van der Waals surface area contributed by atoms with Gasteiger partial charge in [0.05, 0.1) is 0 Å². The van der Waals surface area contributed by atoms with Crippen molar-refractivity contribution in [2.45, 2.75) is 19.0 Å². The van der Waals surface area contributed by atoms with Gasteiger partial charge in [-0.2, -0.15) is 0 Å². The summed E-state index contributed by atoms with van der Waals surface area (Å²) < 4.78 is 0. The predicted molar refractivity (Wildman–Crippen MR) is 75.9 cm³/mol. The quantitative estimate of drug-likeness (QED) is 0.690. The predicted octanol–water partition coefficient (Wildman–Crippen LogP) is 1.73. The highest BCUT2D eigenvalue weighted by molar-refractivity contribution is 5.82. The van der Waals surface area contributed by atoms with Crippen LogP contribution in [-0.4, -0.2) is 23.7 Å². The number of rotatable bonds is 6. The van der Waals surface area contributed by atoms with Crippen molar-refractivity contribution >= 4 is 16.7 Å². The Kier molecular flexibility index (Phi) is 4.49. The van der Waals surface area contributed by atoms with Crippen LogP contribution in [0.1, 0.15) is 12.0 Å². The number of benzene rings is 2. The summed E-state index contributed by atoms with van der Waals surface area (Å²) in [5.74, 6) is -0.951. The molecule has 0 bridgehead atoms. The van der Waals surface area contributed by atoms with E-state index < -0.39 is 12.0 Å². The number of nitrogens with two attached hydrogens (primary N) is 1. The molecule has 0 aliphatic rings. The second kappa shape index (κ2) is 6.31. The molecule has 2 aromatic carbocycles. The molecule has 2 aromatic rings. The van der Waals surface area contributed by atoms with Crippen LogP contribution >= 0.6 is 0 Å². The molecule has 0 heterocycles. The van der Waals surface area contributed by atoms with E-state index in [4.69, 9.17) is 10.8 Å². The Morgan fingerprint density at radius 3 is 2.68 bits per heavy atom. The van der Waals surface area contributed by atoms with E-state index in [1.165, 1.54) is 16.3 Å². The zero-order valence-electron chi connectivity index (χ0n) is 10.7. The number of fused-ring (bicyclic) bond motifs is 1. The van der Waals surface area contributed by atoms with Crippen molar-refractivity contribution in [2.24, 2.45) is 5.73 Å². The topological polar surface area (TPSA) is 75.3 Å². The number of hydrogen-bond donors (Lipinski definition) is 3. The molecule has 0 saturated heterocycles. The maximum atomic E-state index is 10.6. The van der Waals surface area contributed by atoms with Crippen molar-refractivity contribution in [3.05, 3.63) is 48.0 Å². The van der Waals surface area contributed by atoms with Crippen molar-refractivity contribution in [2.75, 3.05) is 6.54 Å². The molecule has 0 aliphatic heterocycles. The van der Waals surface area contributed by atoms with E-state index in [1.54, 1.807) is 0 Å². The van der Waals surface area contributed by atoms with Gasteiger partial charge in [-0.05, 0) is 35.4 Å². The fourth-order valence-corrected chi connectivity index (χ4v) is 1.96. The van der Waals surface area contributed by atoms with Gasteiger partial charge in [0, 0.05) is 6.54 Å². The van der Waals surface area contributed by atoms with Gasteiger partial charge in [-0.15, -0.1) is 0 Å². The average Bonchev–Trinajstić information content (AvgIpc) is 2.43. The first-order valence-electron chi connectivity index (χ1n) is 6.33. The molecule has 0 saturated carbocycles. The van der Waals surface area contributed by atoms with Gasteiger partial charge >= 0.3 is 5.97 Å². The second-order valence-corrected chi connectivity index (χ2v) is 4.59. The molecule has 4 N–H and O–H groups in total. The number of aliphatic carboxylic acids is 1. The SMILES string of the molecule is NC(CCNCc1ccc2ccccc2c1)C(=O)O. The molecule has 4 nitrogen and oxygen atoms in total. The number of carbonyl (C=O) groups is 1. The highest BCUT2D eigenvalue weighted by Gasteiger charge is 2.09. The Hall–Kier alpha value is -1.91. The van der Waals surface area contributed by atoms with E-state index in [0.29, 0.717) is 13.0 Å². The van der Waals surface area contributed by atoms with Crippen LogP contribution < -0.4 is 11.1 Å². The Morgan fingerprint density at radius 2 is 1.95 bits per heavy atom. The van der Waals surface area contributed by atoms with Gasteiger partial charge in [-0.1, -0.05) is 36.4 Å². The van der Waals surface area contributed by atoms with E-state index in [-0.39, 0.29) is 0 Å². The zero-order valence-corrected chi connectivity index (χ0v) is 10.7. The minimum atomic E-state index is -0.951. The van der Waals surface area contributed by atoms with Gasteiger partial charge in [-0.25, -0.2) is 0 Å². The van der Waals surface area contributed by atoms with Crippen LogP contribution in [0.25, 0.3) is 10.8 Å². The van der Waals surface area contributed by atoms with E-state index in [2.05, 4.69) is 35.6 Å². The molecular weight excluding hydrogens is 240 g/mol. The van der Waals surface area contributed by atoms with E-state index in [0.717, 1.165) is 6.54 Å². The summed E-state index contributed by atoms with van der Waals surface area (Å²) in [6.07, 6.45) is 0.433. The molecule has 100 valence electrons.